The van der Waals surface area contributed by atoms with Gasteiger partial charge >= 0.3 is 5.97 Å². The molecule has 1 saturated carbocycles. The second-order valence-corrected chi connectivity index (χ2v) is 6.78. The van der Waals surface area contributed by atoms with E-state index in [1.165, 1.54) is 26.2 Å². The van der Waals surface area contributed by atoms with Crippen molar-refractivity contribution in [1.82, 2.24) is 0 Å². The van der Waals surface area contributed by atoms with Gasteiger partial charge < -0.3 is 4.74 Å². The van der Waals surface area contributed by atoms with Gasteiger partial charge in [-0.05, 0) is 55.8 Å². The van der Waals surface area contributed by atoms with Crippen LogP contribution in [0.1, 0.15) is 67.2 Å². The first kappa shape index (κ1) is 15.5. The summed E-state index contributed by atoms with van der Waals surface area (Å²) in [6.07, 6.45) is 4.94. The Labute approximate surface area is 112 Å². The second-order valence-electron chi connectivity index (χ2n) is 6.78. The monoisotopic (exact) mass is 254 g/mol. The molecule has 0 aromatic rings. The fraction of sp³-hybridized carbons (Fsp3) is 0.938. The van der Waals surface area contributed by atoms with Crippen LogP contribution in [0.25, 0.3) is 0 Å². The average molecular weight is 254 g/mol. The molecule has 2 heteroatoms. The van der Waals surface area contributed by atoms with Crippen LogP contribution in [0.15, 0.2) is 0 Å². The molecule has 4 unspecified atom stereocenters. The van der Waals surface area contributed by atoms with Crippen molar-refractivity contribution in [2.45, 2.75) is 73.3 Å². The van der Waals surface area contributed by atoms with E-state index in [4.69, 9.17) is 4.74 Å². The first-order valence-corrected chi connectivity index (χ1v) is 7.44. The van der Waals surface area contributed by atoms with Crippen LogP contribution < -0.4 is 0 Å². The summed E-state index contributed by atoms with van der Waals surface area (Å²) in [5, 5.41) is 0. The summed E-state index contributed by atoms with van der Waals surface area (Å²) < 4.78 is 5.23. The molecule has 0 aromatic carbocycles. The first-order valence-electron chi connectivity index (χ1n) is 7.44. The molecule has 2 nitrogen and oxygen atoms in total. The van der Waals surface area contributed by atoms with E-state index >= 15 is 0 Å². The molecule has 106 valence electrons. The number of carbonyl (C=O) groups excluding carboxylic acids is 1. The van der Waals surface area contributed by atoms with E-state index in [0.29, 0.717) is 5.41 Å². The Balaban J connectivity index is 2.55. The number of hydrogen-bond donors (Lipinski definition) is 0. The van der Waals surface area contributed by atoms with E-state index in [9.17, 15) is 4.79 Å². The molecule has 1 fully saturated rings. The molecule has 0 radical (unpaired) electrons. The zero-order valence-electron chi connectivity index (χ0n) is 13.0. The lowest BCUT2D eigenvalue weighted by atomic mass is 9.68. The van der Waals surface area contributed by atoms with Gasteiger partial charge in [0, 0.05) is 6.92 Å². The molecule has 1 aliphatic carbocycles. The summed E-state index contributed by atoms with van der Waals surface area (Å²) in [6.45, 7) is 13.0. The molecule has 4 atom stereocenters. The summed E-state index contributed by atoms with van der Waals surface area (Å²) in [5.74, 6) is 2.16. The fourth-order valence-corrected chi connectivity index (χ4v) is 3.66. The van der Waals surface area contributed by atoms with Gasteiger partial charge in [-0.1, -0.05) is 27.7 Å². The van der Waals surface area contributed by atoms with Crippen LogP contribution in [-0.4, -0.2) is 12.1 Å². The number of esters is 1. The van der Waals surface area contributed by atoms with Gasteiger partial charge in [0.2, 0.25) is 0 Å². The van der Waals surface area contributed by atoms with Crippen molar-refractivity contribution in [3.8, 4) is 0 Å². The third-order valence-electron chi connectivity index (χ3n) is 5.24. The van der Waals surface area contributed by atoms with E-state index in [0.717, 1.165) is 24.2 Å². The van der Waals surface area contributed by atoms with Gasteiger partial charge in [-0.2, -0.15) is 0 Å². The van der Waals surface area contributed by atoms with Gasteiger partial charge in [-0.25, -0.2) is 0 Å². The van der Waals surface area contributed by atoms with Crippen molar-refractivity contribution < 1.29 is 9.53 Å². The number of carbonyl (C=O) groups is 1. The number of ether oxygens (including phenoxy) is 1. The molecule has 0 aliphatic heterocycles. The quantitative estimate of drug-likeness (QED) is 0.679. The maximum Gasteiger partial charge on any atom is 0.302 e. The lowest BCUT2D eigenvalue weighted by molar-refractivity contribution is -0.146. The van der Waals surface area contributed by atoms with Crippen molar-refractivity contribution in [2.24, 2.45) is 23.2 Å². The maximum atomic E-state index is 10.9. The summed E-state index contributed by atoms with van der Waals surface area (Å²) in [5.41, 5.74) is 0.468. The van der Waals surface area contributed by atoms with Crippen LogP contribution in [0.2, 0.25) is 0 Å². The lowest BCUT2D eigenvalue weighted by Gasteiger charge is -2.38. The van der Waals surface area contributed by atoms with E-state index < -0.39 is 0 Å². The molecule has 1 rings (SSSR count). The summed E-state index contributed by atoms with van der Waals surface area (Å²) in [4.78, 5) is 10.9. The normalized spacial score (nSPS) is 33.7. The molecule has 0 bridgehead atoms. The highest BCUT2D eigenvalue weighted by molar-refractivity contribution is 5.66. The van der Waals surface area contributed by atoms with Gasteiger partial charge in [-0.15, -0.1) is 0 Å². The lowest BCUT2D eigenvalue weighted by Crippen LogP contribution is -2.31. The number of rotatable bonds is 5. The van der Waals surface area contributed by atoms with Crippen molar-refractivity contribution in [3.63, 3.8) is 0 Å². The maximum absolute atomic E-state index is 10.9. The topological polar surface area (TPSA) is 26.3 Å². The highest BCUT2D eigenvalue weighted by Crippen LogP contribution is 2.53. The molecule has 0 saturated heterocycles. The minimum Gasteiger partial charge on any atom is -0.463 e. The third kappa shape index (κ3) is 3.49. The van der Waals surface area contributed by atoms with Crippen LogP contribution in [0, 0.1) is 23.2 Å². The Morgan fingerprint density at radius 2 is 2.00 bits per heavy atom. The van der Waals surface area contributed by atoms with Gasteiger partial charge in [0.1, 0.15) is 0 Å². The predicted molar refractivity (Wildman–Crippen MR) is 75.3 cm³/mol. The fourth-order valence-electron chi connectivity index (χ4n) is 3.66. The van der Waals surface area contributed by atoms with E-state index in [1.807, 2.05) is 6.92 Å². The van der Waals surface area contributed by atoms with Gasteiger partial charge in [0.05, 0.1) is 6.10 Å². The molecule has 1 aliphatic rings. The van der Waals surface area contributed by atoms with Crippen molar-refractivity contribution in [2.75, 3.05) is 0 Å². The minimum atomic E-state index is -0.159. The van der Waals surface area contributed by atoms with Crippen LogP contribution in [0.3, 0.4) is 0 Å². The zero-order valence-corrected chi connectivity index (χ0v) is 13.0. The summed E-state index contributed by atoms with van der Waals surface area (Å²) in [6, 6.07) is 0. The molecular formula is C16H30O2. The SMILES string of the molecule is CC(=O)OC(C)CCC1C(C)CCC1(C)C(C)C. The molecule has 0 aromatic heterocycles. The van der Waals surface area contributed by atoms with E-state index in [1.54, 1.807) is 0 Å². The molecule has 0 amide bonds. The van der Waals surface area contributed by atoms with Crippen LogP contribution in [0.5, 0.6) is 0 Å². The predicted octanol–water partition coefficient (Wildman–Crippen LogP) is 4.43. The smallest absolute Gasteiger partial charge is 0.302 e. The molecule has 18 heavy (non-hydrogen) atoms. The molecule has 0 heterocycles. The zero-order chi connectivity index (χ0) is 13.9. The highest BCUT2D eigenvalue weighted by Gasteiger charge is 2.44. The number of hydrogen-bond acceptors (Lipinski definition) is 2. The van der Waals surface area contributed by atoms with Crippen LogP contribution >= 0.6 is 0 Å². The summed E-state index contributed by atoms with van der Waals surface area (Å²) >= 11 is 0. The van der Waals surface area contributed by atoms with E-state index in [-0.39, 0.29) is 12.1 Å². The third-order valence-corrected chi connectivity index (χ3v) is 5.24. The van der Waals surface area contributed by atoms with Crippen LogP contribution in [-0.2, 0) is 9.53 Å². The van der Waals surface area contributed by atoms with E-state index in [2.05, 4.69) is 27.7 Å². The van der Waals surface area contributed by atoms with Crippen LogP contribution in [0.4, 0.5) is 0 Å². The molecule has 0 N–H and O–H groups in total. The second kappa shape index (κ2) is 6.08. The van der Waals surface area contributed by atoms with Gasteiger partial charge in [-0.3, -0.25) is 4.79 Å². The Morgan fingerprint density at radius 3 is 2.50 bits per heavy atom. The largest absolute Gasteiger partial charge is 0.463 e. The Kier molecular flexibility index (Phi) is 5.24. The molecular weight excluding hydrogens is 224 g/mol. The summed E-state index contributed by atoms with van der Waals surface area (Å²) in [7, 11) is 0. The Bertz CT molecular complexity index is 285. The Morgan fingerprint density at radius 1 is 1.39 bits per heavy atom. The minimum absolute atomic E-state index is 0.0618. The van der Waals surface area contributed by atoms with Crippen molar-refractivity contribution in [1.29, 1.82) is 0 Å². The standard InChI is InChI=1S/C16H30O2/c1-11(2)16(6)10-9-12(3)15(16)8-7-13(4)18-14(5)17/h11-13,15H,7-10H2,1-6H3. The average Bonchev–Trinajstić information content (AvgIpc) is 2.53. The van der Waals surface area contributed by atoms with Crippen molar-refractivity contribution in [3.05, 3.63) is 0 Å². The Hall–Kier alpha value is -0.530. The van der Waals surface area contributed by atoms with Crippen molar-refractivity contribution >= 4 is 5.97 Å². The highest BCUT2D eigenvalue weighted by atomic mass is 16.5. The first-order chi connectivity index (χ1) is 8.27. The van der Waals surface area contributed by atoms with Gasteiger partial charge in [0.25, 0.3) is 0 Å². The molecule has 0 spiro atoms. The van der Waals surface area contributed by atoms with Gasteiger partial charge in [0.15, 0.2) is 0 Å².